The molecule has 4 aromatic carbocycles. The fraction of sp³-hybridized carbons (Fsp3) is 0.107. The number of hydrogen-bond acceptors (Lipinski definition) is 15. The number of para-hydroxylation sites is 2. The van der Waals surface area contributed by atoms with Crippen molar-refractivity contribution in [1.82, 2.24) is 39.0 Å². The molecular formula is C56H48N14O5. The molecule has 8 N–H and O–H groups in total. The van der Waals surface area contributed by atoms with Crippen LogP contribution in [0.5, 0.6) is 11.5 Å². The number of aromatic nitrogens is 8. The molecule has 0 aliphatic carbocycles. The molecule has 6 aromatic heterocycles. The van der Waals surface area contributed by atoms with E-state index < -0.39 is 18.0 Å². The molecule has 19 nitrogen and oxygen atoms in total. The Kier molecular flexibility index (Phi) is 14.2. The lowest BCUT2D eigenvalue weighted by Gasteiger charge is -2.22. The maximum Gasteiger partial charge on any atom is 0.263 e. The molecule has 0 unspecified atom stereocenters. The third-order valence-corrected chi connectivity index (χ3v) is 12.3. The number of primary amides is 1. The number of ether oxygens (including phenoxy) is 2. The van der Waals surface area contributed by atoms with Crippen molar-refractivity contribution < 1.29 is 14.3 Å². The van der Waals surface area contributed by atoms with Crippen LogP contribution in [0.2, 0.25) is 0 Å². The monoisotopic (exact) mass is 996 g/mol. The largest absolute Gasteiger partial charge is 0.495 e. The van der Waals surface area contributed by atoms with E-state index in [4.69, 9.17) is 33.2 Å². The normalized spacial score (nSPS) is 11.7. The third kappa shape index (κ3) is 10.2. The molecule has 0 aliphatic heterocycles. The summed E-state index contributed by atoms with van der Waals surface area (Å²) in [5, 5.41) is 9.05. The van der Waals surface area contributed by atoms with Crippen molar-refractivity contribution in [2.75, 3.05) is 36.3 Å². The molecule has 0 saturated heterocycles. The fourth-order valence-electron chi connectivity index (χ4n) is 8.75. The molecule has 1 amide bonds. The number of rotatable bonds is 13. The number of pyridine rings is 4. The van der Waals surface area contributed by atoms with Gasteiger partial charge in [0.2, 0.25) is 17.6 Å². The number of benzene rings is 4. The Morgan fingerprint density at radius 3 is 1.51 bits per heavy atom. The smallest absolute Gasteiger partial charge is 0.263 e. The summed E-state index contributed by atoms with van der Waals surface area (Å²) in [5.74, 6) is 1.02. The standard InChI is InChI=1S/C28H25N7O3.C28H23N7O2/c1-16(33-26-22(25(29)36)15-32-28(30)34-26)23-12-17-7-6-10-21(18-11-20(38-2)14-31-13-18)24(17)27(37)35(23)19-8-4-3-5-9-19;1-17(33-26-23(30-2)16-32-28(29)34-26)24-13-18-8-7-11-22(19-12-21(37-3)15-31-14-19)25(18)27(36)35(24)20-9-5-4-6-10-20/h3-16H,1-2H3,(H2,29,36)(H3,30,32,33,34);4-17H,1,3H3,(H3,29,32,33,34)/t16-;17-/m00/s1. The van der Waals surface area contributed by atoms with E-state index in [2.05, 4.69) is 45.4 Å². The molecule has 19 heteroatoms. The van der Waals surface area contributed by atoms with Gasteiger partial charge in [0.15, 0.2) is 0 Å². The van der Waals surface area contributed by atoms with E-state index in [1.54, 1.807) is 48.1 Å². The van der Waals surface area contributed by atoms with Crippen molar-refractivity contribution in [3.05, 3.63) is 208 Å². The van der Waals surface area contributed by atoms with Gasteiger partial charge in [0.1, 0.15) is 23.1 Å². The molecule has 0 fully saturated rings. The molecule has 75 heavy (non-hydrogen) atoms. The quantitative estimate of drug-likeness (QED) is 0.0676. The zero-order valence-corrected chi connectivity index (χ0v) is 41.0. The van der Waals surface area contributed by atoms with Crippen molar-refractivity contribution >= 4 is 56.7 Å². The highest BCUT2D eigenvalue weighted by molar-refractivity contribution is 5.99. The van der Waals surface area contributed by atoms with Crippen LogP contribution in [0.25, 0.3) is 60.0 Å². The summed E-state index contributed by atoms with van der Waals surface area (Å²) < 4.78 is 14.0. The Morgan fingerprint density at radius 1 is 0.600 bits per heavy atom. The maximum atomic E-state index is 14.2. The topological polar surface area (TPSA) is 263 Å². The van der Waals surface area contributed by atoms with Crippen molar-refractivity contribution in [3.63, 3.8) is 0 Å². The number of nitrogens with zero attached hydrogens (tertiary/aromatic N) is 9. The van der Waals surface area contributed by atoms with E-state index in [1.165, 1.54) is 12.4 Å². The number of fused-ring (bicyclic) bond motifs is 2. The number of methoxy groups -OCH3 is 2. The van der Waals surface area contributed by atoms with E-state index in [9.17, 15) is 14.4 Å². The first-order valence-corrected chi connectivity index (χ1v) is 23.3. The van der Waals surface area contributed by atoms with Crippen LogP contribution in [0.15, 0.2) is 168 Å². The van der Waals surface area contributed by atoms with Crippen LogP contribution >= 0.6 is 0 Å². The molecule has 2 atom stereocenters. The summed E-state index contributed by atoms with van der Waals surface area (Å²) in [6, 6.07) is 36.9. The van der Waals surface area contributed by atoms with Gasteiger partial charge in [-0.3, -0.25) is 33.5 Å². The Balaban J connectivity index is 0.000000184. The molecule has 10 aromatic rings. The maximum absolute atomic E-state index is 14.2. The number of carbonyl (C=O) groups excluding carboxylic acids is 1. The van der Waals surface area contributed by atoms with Gasteiger partial charge in [0.25, 0.3) is 17.0 Å². The van der Waals surface area contributed by atoms with Crippen LogP contribution < -0.4 is 48.4 Å². The minimum atomic E-state index is -0.699. The predicted octanol–water partition coefficient (Wildman–Crippen LogP) is 8.86. The minimum absolute atomic E-state index is 0.0137. The van der Waals surface area contributed by atoms with Crippen molar-refractivity contribution in [1.29, 1.82) is 0 Å². The average molecular weight is 997 g/mol. The number of nitrogens with one attached hydrogen (secondary N) is 2. The zero-order valence-electron chi connectivity index (χ0n) is 41.0. The van der Waals surface area contributed by atoms with Gasteiger partial charge in [0, 0.05) is 58.7 Å². The number of nitrogen functional groups attached to an aromatic ring is 2. The summed E-state index contributed by atoms with van der Waals surface area (Å²) in [6.07, 6.45) is 9.31. The molecule has 0 radical (unpaired) electrons. The molecular weight excluding hydrogens is 949 g/mol. The second-order valence-electron chi connectivity index (χ2n) is 17.0. The van der Waals surface area contributed by atoms with Gasteiger partial charge >= 0.3 is 0 Å². The number of anilines is 4. The lowest BCUT2D eigenvalue weighted by molar-refractivity contribution is 0.100. The van der Waals surface area contributed by atoms with Crippen LogP contribution in [0.4, 0.5) is 29.2 Å². The molecule has 0 aliphatic rings. The second kappa shape index (κ2) is 21.5. The van der Waals surface area contributed by atoms with Crippen molar-refractivity contribution in [3.8, 4) is 45.1 Å². The summed E-state index contributed by atoms with van der Waals surface area (Å²) in [5.41, 5.74) is 22.7. The zero-order chi connectivity index (χ0) is 52.8. The first-order chi connectivity index (χ1) is 36.4. The van der Waals surface area contributed by atoms with Gasteiger partial charge in [-0.2, -0.15) is 4.98 Å². The average Bonchev–Trinajstić information content (AvgIpc) is 3.43. The molecule has 0 spiro atoms. The van der Waals surface area contributed by atoms with Gasteiger partial charge in [-0.25, -0.2) is 19.8 Å². The van der Waals surface area contributed by atoms with E-state index in [-0.39, 0.29) is 40.1 Å². The minimum Gasteiger partial charge on any atom is -0.495 e. The van der Waals surface area contributed by atoms with Crippen molar-refractivity contribution in [2.24, 2.45) is 5.73 Å². The van der Waals surface area contributed by atoms with Crippen LogP contribution in [0, 0.1) is 6.57 Å². The Bertz CT molecular complexity index is 3940. The highest BCUT2D eigenvalue weighted by Crippen LogP contribution is 2.34. The number of carbonyl (C=O) groups is 1. The number of nitrogens with two attached hydrogens (primary N) is 3. The SMILES string of the molecule is COc1cncc(-c2cccc3cc([C@H](C)Nc4nc(N)ncc4C(N)=O)n(-c4ccccc4)c(=O)c23)c1.[C-]#[N+]c1cnc(N)nc1N[C@@H](C)c1cc2cccc(-c3cncc(OC)c3)c2c(=O)n1-c1ccccc1. The predicted molar refractivity (Wildman–Crippen MR) is 290 cm³/mol. The van der Waals surface area contributed by atoms with Crippen molar-refractivity contribution in [2.45, 2.75) is 25.9 Å². The summed E-state index contributed by atoms with van der Waals surface area (Å²) in [7, 11) is 3.15. The van der Waals surface area contributed by atoms with Crippen LogP contribution in [-0.4, -0.2) is 59.2 Å². The first-order valence-electron chi connectivity index (χ1n) is 23.3. The summed E-state index contributed by atoms with van der Waals surface area (Å²) in [6.45, 7) is 11.2. The Labute approximate surface area is 429 Å². The summed E-state index contributed by atoms with van der Waals surface area (Å²) >= 11 is 0. The Hall–Kier alpha value is -10.5. The molecule has 372 valence electrons. The summed E-state index contributed by atoms with van der Waals surface area (Å²) in [4.78, 5) is 68.6. The lowest BCUT2D eigenvalue weighted by Crippen LogP contribution is -2.26. The third-order valence-electron chi connectivity index (χ3n) is 12.3. The van der Waals surface area contributed by atoms with Gasteiger partial charge in [-0.1, -0.05) is 72.8 Å². The van der Waals surface area contributed by atoms with Gasteiger partial charge in [-0.15, -0.1) is 0 Å². The fourth-order valence-corrected chi connectivity index (χ4v) is 8.75. The van der Waals surface area contributed by atoms with Crippen LogP contribution in [-0.2, 0) is 0 Å². The number of amides is 1. The van der Waals surface area contributed by atoms with Crippen LogP contribution in [0.1, 0.15) is 47.7 Å². The molecule has 10 rings (SSSR count). The van der Waals surface area contributed by atoms with E-state index >= 15 is 0 Å². The molecule has 0 saturated carbocycles. The van der Waals surface area contributed by atoms with Gasteiger partial charge in [0.05, 0.1) is 61.6 Å². The highest BCUT2D eigenvalue weighted by Gasteiger charge is 2.23. The lowest BCUT2D eigenvalue weighted by atomic mass is 9.98. The first kappa shape index (κ1) is 49.5. The highest BCUT2D eigenvalue weighted by atomic mass is 16.5. The van der Waals surface area contributed by atoms with Gasteiger partial charge in [-0.05, 0) is 84.3 Å². The van der Waals surface area contributed by atoms with E-state index in [0.29, 0.717) is 50.9 Å². The van der Waals surface area contributed by atoms with E-state index in [1.807, 2.05) is 135 Å². The van der Waals surface area contributed by atoms with E-state index in [0.717, 1.165) is 33.0 Å². The van der Waals surface area contributed by atoms with Crippen LogP contribution in [0.3, 0.4) is 0 Å². The molecule has 6 heterocycles. The van der Waals surface area contributed by atoms with Gasteiger partial charge < -0.3 is 37.3 Å². The number of hydrogen-bond donors (Lipinski definition) is 5. The Morgan fingerprint density at radius 2 is 1.05 bits per heavy atom. The second-order valence-corrected chi connectivity index (χ2v) is 17.0. The molecule has 0 bridgehead atoms.